The van der Waals surface area contributed by atoms with E-state index in [0.717, 1.165) is 22.3 Å². The second-order valence-electron chi connectivity index (χ2n) is 7.95. The van der Waals surface area contributed by atoms with E-state index in [2.05, 4.69) is 42.9 Å². The van der Waals surface area contributed by atoms with Crippen LogP contribution in [-0.4, -0.2) is 18.3 Å². The van der Waals surface area contributed by atoms with Crippen LogP contribution in [0.5, 0.6) is 11.5 Å². The summed E-state index contributed by atoms with van der Waals surface area (Å²) in [5.41, 5.74) is 5.70. The maximum Gasteiger partial charge on any atom is 0.368 e. The zero-order chi connectivity index (χ0) is 23.9. The predicted octanol–water partition coefficient (Wildman–Crippen LogP) is 6.05. The van der Waals surface area contributed by atoms with E-state index in [1.165, 1.54) is 5.56 Å². The highest BCUT2D eigenvalue weighted by Gasteiger charge is 2.27. The minimum absolute atomic E-state index is 0.395. The van der Waals surface area contributed by atoms with Crippen LogP contribution in [0.1, 0.15) is 34.7 Å². The van der Waals surface area contributed by atoms with Gasteiger partial charge in [-0.05, 0) is 49.6 Å². The zero-order valence-electron chi connectivity index (χ0n) is 19.4. The van der Waals surface area contributed by atoms with E-state index in [1.807, 2.05) is 55.5 Å². The highest BCUT2D eigenvalue weighted by Crippen LogP contribution is 2.36. The summed E-state index contributed by atoms with van der Waals surface area (Å²) in [7, 11) is 0. The number of oxime groups is 1. The van der Waals surface area contributed by atoms with Crippen LogP contribution < -0.4 is 9.47 Å². The van der Waals surface area contributed by atoms with Crippen molar-refractivity contribution in [1.29, 1.82) is 0 Å². The average molecular weight is 454 g/mol. The maximum absolute atomic E-state index is 12.5. The standard InChI is InChI=1S/C29H27NO4/c1-4-9-24-16-22(17-25-27(30-34-29(25)31)23-10-7-6-8-11-23)18-26(32-5-2)28(24)33-19-21-14-12-20(3)13-15-21/h4,6-8,10-18H,1,5,9,19H2,2-3H3/b25-17-. The summed E-state index contributed by atoms with van der Waals surface area (Å²) in [6, 6.07) is 21.6. The molecule has 0 unspecified atom stereocenters. The fourth-order valence-corrected chi connectivity index (χ4v) is 3.72. The van der Waals surface area contributed by atoms with Gasteiger partial charge in [0.2, 0.25) is 0 Å². The maximum atomic E-state index is 12.5. The van der Waals surface area contributed by atoms with E-state index in [1.54, 1.807) is 6.08 Å². The molecule has 0 aromatic heterocycles. The second-order valence-corrected chi connectivity index (χ2v) is 7.95. The van der Waals surface area contributed by atoms with E-state index in [4.69, 9.17) is 14.3 Å². The van der Waals surface area contributed by atoms with Gasteiger partial charge in [-0.2, -0.15) is 0 Å². The van der Waals surface area contributed by atoms with Gasteiger partial charge in [-0.1, -0.05) is 71.4 Å². The Kier molecular flexibility index (Phi) is 7.23. The number of ether oxygens (including phenoxy) is 2. The first kappa shape index (κ1) is 23.1. The third-order valence-electron chi connectivity index (χ3n) is 5.38. The lowest BCUT2D eigenvalue weighted by Gasteiger charge is -2.17. The van der Waals surface area contributed by atoms with Gasteiger partial charge in [-0.25, -0.2) is 4.79 Å². The van der Waals surface area contributed by atoms with Crippen LogP contribution in [-0.2, 0) is 22.7 Å². The van der Waals surface area contributed by atoms with Crippen molar-refractivity contribution in [2.24, 2.45) is 5.16 Å². The van der Waals surface area contributed by atoms with Crippen molar-refractivity contribution in [1.82, 2.24) is 0 Å². The Hall–Kier alpha value is -4.12. The lowest BCUT2D eigenvalue weighted by atomic mass is 9.99. The first-order valence-corrected chi connectivity index (χ1v) is 11.2. The molecular weight excluding hydrogens is 426 g/mol. The molecule has 0 amide bonds. The molecule has 3 aromatic rings. The fraction of sp³-hybridized carbons (Fsp3) is 0.172. The van der Waals surface area contributed by atoms with E-state index >= 15 is 0 Å². The third-order valence-corrected chi connectivity index (χ3v) is 5.38. The molecule has 1 heterocycles. The number of carbonyl (C=O) groups is 1. The van der Waals surface area contributed by atoms with Crippen LogP contribution in [0.2, 0.25) is 0 Å². The largest absolute Gasteiger partial charge is 0.490 e. The Morgan fingerprint density at radius 3 is 2.50 bits per heavy atom. The number of hydrogen-bond acceptors (Lipinski definition) is 5. The summed E-state index contributed by atoms with van der Waals surface area (Å²) in [6.07, 6.45) is 4.19. The normalized spacial score (nSPS) is 14.0. The van der Waals surface area contributed by atoms with E-state index < -0.39 is 5.97 Å². The quantitative estimate of drug-likeness (QED) is 0.225. The summed E-state index contributed by atoms with van der Waals surface area (Å²) in [6.45, 7) is 8.77. The molecule has 0 bridgehead atoms. The van der Waals surface area contributed by atoms with Gasteiger partial charge in [-0.15, -0.1) is 6.58 Å². The summed E-state index contributed by atoms with van der Waals surface area (Å²) in [5, 5.41) is 4.00. The molecule has 1 aliphatic heterocycles. The third kappa shape index (κ3) is 5.26. The number of hydrogen-bond donors (Lipinski definition) is 0. The van der Waals surface area contributed by atoms with Crippen molar-refractivity contribution in [3.8, 4) is 11.5 Å². The zero-order valence-corrected chi connectivity index (χ0v) is 19.4. The van der Waals surface area contributed by atoms with Crippen LogP contribution in [0.25, 0.3) is 6.08 Å². The predicted molar refractivity (Wildman–Crippen MR) is 134 cm³/mol. The minimum Gasteiger partial charge on any atom is -0.490 e. The number of allylic oxidation sites excluding steroid dienone is 1. The van der Waals surface area contributed by atoms with Gasteiger partial charge >= 0.3 is 5.97 Å². The molecule has 0 saturated carbocycles. The van der Waals surface area contributed by atoms with Gasteiger partial charge < -0.3 is 14.3 Å². The molecular formula is C29H27NO4. The summed E-state index contributed by atoms with van der Waals surface area (Å²) in [5.74, 6) is 0.808. The van der Waals surface area contributed by atoms with E-state index in [-0.39, 0.29) is 0 Å². The summed E-state index contributed by atoms with van der Waals surface area (Å²) in [4.78, 5) is 17.4. The van der Waals surface area contributed by atoms with Crippen LogP contribution in [0.15, 0.2) is 90.1 Å². The molecule has 34 heavy (non-hydrogen) atoms. The summed E-state index contributed by atoms with van der Waals surface area (Å²) >= 11 is 0. The molecule has 0 aliphatic carbocycles. The Labute approximate surface area is 200 Å². The van der Waals surface area contributed by atoms with Crippen LogP contribution in [0.4, 0.5) is 0 Å². The van der Waals surface area contributed by atoms with Gasteiger partial charge in [0.05, 0.1) is 12.2 Å². The molecule has 0 N–H and O–H groups in total. The average Bonchev–Trinajstić information content (AvgIpc) is 3.20. The van der Waals surface area contributed by atoms with Crippen molar-refractivity contribution in [3.05, 3.63) is 113 Å². The Morgan fingerprint density at radius 1 is 1.03 bits per heavy atom. The second kappa shape index (κ2) is 10.7. The van der Waals surface area contributed by atoms with Crippen molar-refractivity contribution >= 4 is 17.8 Å². The lowest BCUT2D eigenvalue weighted by molar-refractivity contribution is -0.136. The van der Waals surface area contributed by atoms with Gasteiger partial charge in [0.1, 0.15) is 12.3 Å². The molecule has 5 nitrogen and oxygen atoms in total. The number of benzene rings is 3. The minimum atomic E-state index is -0.484. The van der Waals surface area contributed by atoms with Gasteiger partial charge in [0, 0.05) is 11.1 Å². The number of carbonyl (C=O) groups excluding carboxylic acids is 1. The lowest BCUT2D eigenvalue weighted by Crippen LogP contribution is -2.07. The topological polar surface area (TPSA) is 57.1 Å². The van der Waals surface area contributed by atoms with E-state index in [0.29, 0.717) is 42.4 Å². The highest BCUT2D eigenvalue weighted by atomic mass is 16.7. The Bertz CT molecular complexity index is 1240. The van der Waals surface area contributed by atoms with Crippen molar-refractivity contribution in [2.75, 3.05) is 6.61 Å². The van der Waals surface area contributed by atoms with Gasteiger partial charge in [0.25, 0.3) is 0 Å². The van der Waals surface area contributed by atoms with Crippen molar-refractivity contribution in [2.45, 2.75) is 26.9 Å². The number of rotatable bonds is 9. The molecule has 0 radical (unpaired) electrons. The van der Waals surface area contributed by atoms with Crippen molar-refractivity contribution < 1.29 is 19.1 Å². The highest BCUT2D eigenvalue weighted by molar-refractivity contribution is 6.31. The molecule has 4 rings (SSSR count). The molecule has 3 aromatic carbocycles. The molecule has 0 saturated heterocycles. The fourth-order valence-electron chi connectivity index (χ4n) is 3.72. The SMILES string of the molecule is C=CCc1cc(/C=C2\C(=O)ON=C2c2ccccc2)cc(OCC)c1OCc1ccc(C)cc1. The molecule has 0 spiro atoms. The first-order valence-electron chi connectivity index (χ1n) is 11.2. The summed E-state index contributed by atoms with van der Waals surface area (Å²) < 4.78 is 12.2. The molecule has 0 atom stereocenters. The molecule has 172 valence electrons. The molecule has 1 aliphatic rings. The van der Waals surface area contributed by atoms with Crippen LogP contribution in [0, 0.1) is 6.92 Å². The molecule has 5 heteroatoms. The van der Waals surface area contributed by atoms with Gasteiger partial charge in [-0.3, -0.25) is 0 Å². The van der Waals surface area contributed by atoms with E-state index in [9.17, 15) is 4.79 Å². The Morgan fingerprint density at radius 2 is 1.79 bits per heavy atom. The molecule has 0 fully saturated rings. The number of aryl methyl sites for hydroxylation is 1. The smallest absolute Gasteiger partial charge is 0.368 e. The van der Waals surface area contributed by atoms with Gasteiger partial charge in [0.15, 0.2) is 11.5 Å². The Balaban J connectivity index is 1.70. The first-order chi connectivity index (χ1) is 16.6. The van der Waals surface area contributed by atoms with Crippen molar-refractivity contribution in [3.63, 3.8) is 0 Å². The van der Waals surface area contributed by atoms with Crippen LogP contribution >= 0.6 is 0 Å². The number of nitrogens with zero attached hydrogens (tertiary/aromatic N) is 1. The monoisotopic (exact) mass is 453 g/mol. The van der Waals surface area contributed by atoms with Crippen LogP contribution in [0.3, 0.4) is 0 Å².